The Labute approximate surface area is 156 Å². The van der Waals surface area contributed by atoms with Crippen molar-refractivity contribution in [2.45, 2.75) is 52.5 Å². The predicted molar refractivity (Wildman–Crippen MR) is 101 cm³/mol. The summed E-state index contributed by atoms with van der Waals surface area (Å²) in [4.78, 5) is 34.5. The number of nitrogens with zero attached hydrogens (tertiary/aromatic N) is 2. The molecule has 2 N–H and O–H groups in total. The van der Waals surface area contributed by atoms with Gasteiger partial charge in [0.15, 0.2) is 6.61 Å². The van der Waals surface area contributed by atoms with Crippen LogP contribution in [-0.4, -0.2) is 34.1 Å². The number of ether oxygens (including phenoxy) is 1. The normalized spacial score (nSPS) is 16.8. The lowest BCUT2D eigenvalue weighted by molar-refractivity contribution is -0.122. The number of urea groups is 1. The van der Waals surface area contributed by atoms with Crippen molar-refractivity contribution in [3.05, 3.63) is 16.8 Å². The minimum Gasteiger partial charge on any atom is -0.467 e. The van der Waals surface area contributed by atoms with E-state index in [0.29, 0.717) is 11.8 Å². The van der Waals surface area contributed by atoms with Crippen LogP contribution in [0.3, 0.4) is 0 Å². The van der Waals surface area contributed by atoms with Gasteiger partial charge in [0.25, 0.3) is 5.91 Å². The Bertz CT molecular complexity index is 841. The van der Waals surface area contributed by atoms with Crippen LogP contribution in [-0.2, 0) is 17.6 Å². The van der Waals surface area contributed by atoms with E-state index in [1.165, 1.54) is 16.8 Å². The van der Waals surface area contributed by atoms with Gasteiger partial charge in [-0.1, -0.05) is 6.92 Å². The monoisotopic (exact) mass is 376 g/mol. The summed E-state index contributed by atoms with van der Waals surface area (Å²) in [5.74, 6) is 0.560. The highest BCUT2D eigenvalue weighted by Gasteiger charge is 2.24. The first-order valence-corrected chi connectivity index (χ1v) is 9.54. The van der Waals surface area contributed by atoms with Crippen molar-refractivity contribution in [2.75, 3.05) is 6.61 Å². The van der Waals surface area contributed by atoms with Gasteiger partial charge < -0.3 is 10.1 Å². The van der Waals surface area contributed by atoms with E-state index in [0.717, 1.165) is 29.5 Å². The molecule has 2 heterocycles. The number of nitrogens with one attached hydrogen (secondary N) is 2. The number of imide groups is 1. The molecule has 0 aliphatic heterocycles. The molecule has 3 amide bonds. The van der Waals surface area contributed by atoms with Crippen LogP contribution in [0.4, 0.5) is 4.79 Å². The van der Waals surface area contributed by atoms with Gasteiger partial charge in [0.2, 0.25) is 5.88 Å². The first-order valence-electron chi connectivity index (χ1n) is 8.73. The Kier molecular flexibility index (Phi) is 5.13. The molecule has 7 nitrogen and oxygen atoms in total. The molecular formula is C18H24N4O3S. The second kappa shape index (κ2) is 7.19. The van der Waals surface area contributed by atoms with Crippen molar-refractivity contribution in [3.8, 4) is 5.88 Å². The first kappa shape index (κ1) is 18.6. The number of hydrogen-bond acceptors (Lipinski definition) is 6. The Balaban J connectivity index is 1.70. The third-order valence-corrected chi connectivity index (χ3v) is 5.30. The van der Waals surface area contributed by atoms with Crippen molar-refractivity contribution in [2.24, 2.45) is 5.92 Å². The second-order valence-corrected chi connectivity index (χ2v) is 8.84. The zero-order valence-corrected chi connectivity index (χ0v) is 16.3. The maximum atomic E-state index is 12.0. The molecule has 0 aromatic carbocycles. The molecule has 1 atom stereocenters. The first-order chi connectivity index (χ1) is 12.2. The van der Waals surface area contributed by atoms with E-state index < -0.39 is 17.5 Å². The number of rotatable bonds is 3. The topological polar surface area (TPSA) is 93.2 Å². The third kappa shape index (κ3) is 4.30. The molecule has 26 heavy (non-hydrogen) atoms. The lowest BCUT2D eigenvalue weighted by Crippen LogP contribution is -2.49. The maximum absolute atomic E-state index is 12.0. The molecule has 1 unspecified atom stereocenters. The minimum atomic E-state index is -0.541. The van der Waals surface area contributed by atoms with Crippen molar-refractivity contribution in [1.29, 1.82) is 0 Å². The van der Waals surface area contributed by atoms with Gasteiger partial charge in [-0.25, -0.2) is 14.8 Å². The highest BCUT2D eigenvalue weighted by molar-refractivity contribution is 7.18. The fraction of sp³-hybridized carbons (Fsp3) is 0.556. The molecule has 0 saturated carbocycles. The number of carbonyl (C=O) groups excluding carboxylic acids is 2. The number of thiophene rings is 1. The number of amides is 3. The van der Waals surface area contributed by atoms with Crippen LogP contribution in [0.5, 0.6) is 5.88 Å². The molecule has 8 heteroatoms. The average molecular weight is 376 g/mol. The Morgan fingerprint density at radius 3 is 2.85 bits per heavy atom. The lowest BCUT2D eigenvalue weighted by Gasteiger charge is -2.20. The van der Waals surface area contributed by atoms with Gasteiger partial charge in [-0.05, 0) is 51.5 Å². The number of hydrogen-bond donors (Lipinski definition) is 2. The fourth-order valence-corrected chi connectivity index (χ4v) is 4.37. The summed E-state index contributed by atoms with van der Waals surface area (Å²) in [5, 5.41) is 5.84. The van der Waals surface area contributed by atoms with Gasteiger partial charge in [0.05, 0.1) is 5.39 Å². The second-order valence-electron chi connectivity index (χ2n) is 7.75. The van der Waals surface area contributed by atoms with Crippen molar-refractivity contribution in [1.82, 2.24) is 20.6 Å². The smallest absolute Gasteiger partial charge is 0.321 e. The van der Waals surface area contributed by atoms with E-state index in [9.17, 15) is 9.59 Å². The van der Waals surface area contributed by atoms with Crippen LogP contribution in [0, 0.1) is 5.92 Å². The van der Waals surface area contributed by atoms with Crippen LogP contribution in [0.15, 0.2) is 6.33 Å². The largest absolute Gasteiger partial charge is 0.467 e. The van der Waals surface area contributed by atoms with Crippen LogP contribution in [0.25, 0.3) is 10.2 Å². The summed E-state index contributed by atoms with van der Waals surface area (Å²) >= 11 is 1.67. The lowest BCUT2D eigenvalue weighted by atomic mass is 9.89. The molecule has 0 radical (unpaired) electrons. The van der Waals surface area contributed by atoms with E-state index in [-0.39, 0.29) is 6.61 Å². The van der Waals surface area contributed by atoms with Crippen LogP contribution >= 0.6 is 11.3 Å². The zero-order valence-electron chi connectivity index (χ0n) is 15.5. The SMILES string of the molecule is CC1CCc2c(sc3ncnc(OCC(=O)NC(=O)NC(C)(C)C)c23)C1. The molecule has 0 fully saturated rings. The summed E-state index contributed by atoms with van der Waals surface area (Å²) in [6.45, 7) is 7.50. The van der Waals surface area contributed by atoms with Crippen LogP contribution in [0.1, 0.15) is 44.6 Å². The van der Waals surface area contributed by atoms with Crippen molar-refractivity contribution < 1.29 is 14.3 Å². The molecular weight excluding hydrogens is 352 g/mol. The Morgan fingerprint density at radius 2 is 2.12 bits per heavy atom. The highest BCUT2D eigenvalue weighted by Crippen LogP contribution is 2.40. The Hall–Kier alpha value is -2.22. The summed E-state index contributed by atoms with van der Waals surface area (Å²) in [6, 6.07) is -0.541. The predicted octanol–water partition coefficient (Wildman–Crippen LogP) is 2.82. The number of fused-ring (bicyclic) bond motifs is 3. The van der Waals surface area contributed by atoms with Gasteiger partial charge >= 0.3 is 6.03 Å². The van der Waals surface area contributed by atoms with E-state index in [2.05, 4.69) is 27.5 Å². The van der Waals surface area contributed by atoms with E-state index in [4.69, 9.17) is 4.74 Å². The van der Waals surface area contributed by atoms with E-state index >= 15 is 0 Å². The van der Waals surface area contributed by atoms with Gasteiger partial charge in [-0.15, -0.1) is 11.3 Å². The summed E-state index contributed by atoms with van der Waals surface area (Å²) in [5.41, 5.74) is 0.821. The number of carbonyl (C=O) groups is 2. The standard InChI is InChI=1S/C18H24N4O3S/c1-10-5-6-11-12(7-10)26-16-14(11)15(19-9-20-16)25-8-13(23)21-17(24)22-18(2,3)4/h9-10H,5-8H2,1-4H3,(H2,21,22,23,24). The summed E-state index contributed by atoms with van der Waals surface area (Å²) < 4.78 is 5.63. The van der Waals surface area contributed by atoms with Crippen molar-refractivity contribution >= 4 is 33.5 Å². The minimum absolute atomic E-state index is 0.273. The molecule has 2 aromatic heterocycles. The zero-order chi connectivity index (χ0) is 18.9. The van der Waals surface area contributed by atoms with E-state index in [1.807, 2.05) is 20.8 Å². The van der Waals surface area contributed by atoms with Gasteiger partial charge in [0.1, 0.15) is 11.2 Å². The summed E-state index contributed by atoms with van der Waals surface area (Å²) in [7, 11) is 0. The molecule has 3 rings (SSSR count). The van der Waals surface area contributed by atoms with Gasteiger partial charge in [-0.3, -0.25) is 10.1 Å². The Morgan fingerprint density at radius 1 is 1.35 bits per heavy atom. The quantitative estimate of drug-likeness (QED) is 0.859. The van der Waals surface area contributed by atoms with Crippen LogP contribution in [0.2, 0.25) is 0 Å². The molecule has 0 saturated heterocycles. The molecule has 1 aliphatic carbocycles. The molecule has 2 aromatic rings. The van der Waals surface area contributed by atoms with Gasteiger partial charge in [-0.2, -0.15) is 0 Å². The fourth-order valence-electron chi connectivity index (χ4n) is 3.02. The molecule has 0 bridgehead atoms. The van der Waals surface area contributed by atoms with Gasteiger partial charge in [0, 0.05) is 10.4 Å². The maximum Gasteiger partial charge on any atom is 0.321 e. The number of aryl methyl sites for hydroxylation is 1. The number of aromatic nitrogens is 2. The highest BCUT2D eigenvalue weighted by atomic mass is 32.1. The van der Waals surface area contributed by atoms with Crippen LogP contribution < -0.4 is 15.4 Å². The average Bonchev–Trinajstić information content (AvgIpc) is 2.88. The third-order valence-electron chi connectivity index (χ3n) is 4.14. The summed E-state index contributed by atoms with van der Waals surface area (Å²) in [6.07, 6.45) is 4.59. The van der Waals surface area contributed by atoms with Crippen molar-refractivity contribution in [3.63, 3.8) is 0 Å². The molecule has 1 aliphatic rings. The molecule has 140 valence electrons. The van der Waals surface area contributed by atoms with E-state index in [1.54, 1.807) is 11.3 Å². The molecule has 0 spiro atoms.